The first-order valence-corrected chi connectivity index (χ1v) is 8.98. The number of hydrogen-bond donors (Lipinski definition) is 2. The Morgan fingerprint density at radius 1 is 1.29 bits per heavy atom. The number of hydrogen-bond acceptors (Lipinski definition) is 6. The van der Waals surface area contributed by atoms with Gasteiger partial charge in [0.1, 0.15) is 11.6 Å². The molecule has 3 heterocycles. The summed E-state index contributed by atoms with van der Waals surface area (Å²) in [5.74, 6) is -2.14. The lowest BCUT2D eigenvalue weighted by Gasteiger charge is -2.10. The van der Waals surface area contributed by atoms with Gasteiger partial charge in [-0.15, -0.1) is 11.3 Å². The van der Waals surface area contributed by atoms with Crippen molar-refractivity contribution in [3.8, 4) is 17.5 Å². The van der Waals surface area contributed by atoms with E-state index in [0.29, 0.717) is 27.0 Å². The average Bonchev–Trinajstić information content (AvgIpc) is 3.34. The van der Waals surface area contributed by atoms with Crippen LogP contribution in [-0.2, 0) is 6.54 Å². The number of carbonyl (C=O) groups is 1. The van der Waals surface area contributed by atoms with Crippen molar-refractivity contribution < 1.29 is 15.0 Å². The van der Waals surface area contributed by atoms with E-state index in [2.05, 4.69) is 11.2 Å². The highest BCUT2D eigenvalue weighted by atomic mass is 32.1. The molecule has 0 unspecified atom stereocenters. The van der Waals surface area contributed by atoms with Gasteiger partial charge in [0.05, 0.1) is 34.2 Å². The van der Waals surface area contributed by atoms with Gasteiger partial charge in [0.2, 0.25) is 0 Å². The number of fused-ring (bicyclic) bond motifs is 1. The lowest BCUT2D eigenvalue weighted by molar-refractivity contribution is 0.0695. The van der Waals surface area contributed by atoms with Crippen molar-refractivity contribution in [2.45, 2.75) is 6.54 Å². The summed E-state index contributed by atoms with van der Waals surface area (Å²) in [7, 11) is 0. The second-order valence-electron chi connectivity index (χ2n) is 5.98. The van der Waals surface area contributed by atoms with Gasteiger partial charge in [-0.25, -0.2) is 9.48 Å². The zero-order valence-electron chi connectivity index (χ0n) is 14.2. The van der Waals surface area contributed by atoms with Gasteiger partial charge in [0.15, 0.2) is 5.75 Å². The van der Waals surface area contributed by atoms with E-state index in [1.54, 1.807) is 48.1 Å². The van der Waals surface area contributed by atoms with Crippen molar-refractivity contribution >= 4 is 27.5 Å². The molecular weight excluding hydrogens is 380 g/mol. The summed E-state index contributed by atoms with van der Waals surface area (Å²) in [6.45, 7) is 0.0915. The molecule has 28 heavy (non-hydrogen) atoms. The maximum absolute atomic E-state index is 12.6. The molecule has 2 N–H and O–H groups in total. The van der Waals surface area contributed by atoms with Crippen LogP contribution in [0.2, 0.25) is 0 Å². The molecule has 9 heteroatoms. The number of benzene rings is 1. The summed E-state index contributed by atoms with van der Waals surface area (Å²) in [6, 6.07) is 10.7. The Bertz CT molecular complexity index is 1330. The molecule has 0 radical (unpaired) electrons. The van der Waals surface area contributed by atoms with Gasteiger partial charge >= 0.3 is 5.97 Å². The van der Waals surface area contributed by atoms with Crippen LogP contribution in [0.1, 0.15) is 21.5 Å². The molecule has 0 atom stereocenters. The first kappa shape index (κ1) is 17.5. The molecule has 0 aliphatic heterocycles. The topological polar surface area (TPSA) is 121 Å². The maximum atomic E-state index is 12.6. The van der Waals surface area contributed by atoms with Crippen molar-refractivity contribution in [3.63, 3.8) is 0 Å². The molecule has 1 aromatic carbocycles. The van der Waals surface area contributed by atoms with Crippen LogP contribution < -0.4 is 5.56 Å². The van der Waals surface area contributed by atoms with Crippen LogP contribution in [0.25, 0.3) is 15.9 Å². The van der Waals surface area contributed by atoms with Gasteiger partial charge in [-0.2, -0.15) is 10.4 Å². The minimum Gasteiger partial charge on any atom is -0.502 e. The Labute approximate surface area is 161 Å². The largest absolute Gasteiger partial charge is 0.502 e. The van der Waals surface area contributed by atoms with E-state index in [-0.39, 0.29) is 12.1 Å². The molecule has 0 bridgehead atoms. The Balaban J connectivity index is 1.80. The van der Waals surface area contributed by atoms with Crippen LogP contribution in [0.4, 0.5) is 0 Å². The fourth-order valence-electron chi connectivity index (χ4n) is 3.03. The van der Waals surface area contributed by atoms with E-state index in [4.69, 9.17) is 0 Å². The van der Waals surface area contributed by atoms with Gasteiger partial charge in [0, 0.05) is 11.8 Å². The smallest absolute Gasteiger partial charge is 0.341 e. The molecule has 0 aliphatic rings. The molecular formula is C19H12N4O4S. The van der Waals surface area contributed by atoms with Crippen LogP contribution in [0, 0.1) is 11.3 Å². The summed E-state index contributed by atoms with van der Waals surface area (Å²) in [6.07, 6.45) is 3.24. The van der Waals surface area contributed by atoms with Crippen LogP contribution in [0.3, 0.4) is 0 Å². The molecule has 0 spiro atoms. The van der Waals surface area contributed by atoms with Gasteiger partial charge in [0.25, 0.3) is 5.56 Å². The van der Waals surface area contributed by atoms with E-state index in [1.807, 2.05) is 0 Å². The first-order chi connectivity index (χ1) is 13.5. The molecule has 0 saturated carbocycles. The maximum Gasteiger partial charge on any atom is 0.341 e. The highest BCUT2D eigenvalue weighted by Crippen LogP contribution is 2.29. The van der Waals surface area contributed by atoms with Gasteiger partial charge in [-0.1, -0.05) is 12.1 Å². The zero-order valence-corrected chi connectivity index (χ0v) is 15.1. The Hall–Kier alpha value is -3.90. The van der Waals surface area contributed by atoms with Crippen LogP contribution in [-0.4, -0.2) is 30.5 Å². The van der Waals surface area contributed by atoms with E-state index in [1.165, 1.54) is 9.25 Å². The van der Waals surface area contributed by atoms with E-state index in [0.717, 1.165) is 11.3 Å². The number of aromatic carboxylic acids is 1. The van der Waals surface area contributed by atoms with Gasteiger partial charge < -0.3 is 10.2 Å². The Morgan fingerprint density at radius 3 is 2.82 bits per heavy atom. The summed E-state index contributed by atoms with van der Waals surface area (Å²) in [5, 5.41) is 34.6. The molecule has 8 nitrogen and oxygen atoms in total. The number of carboxylic acids is 1. The van der Waals surface area contributed by atoms with E-state index >= 15 is 0 Å². The number of rotatable bonds is 4. The summed E-state index contributed by atoms with van der Waals surface area (Å²) in [4.78, 5) is 24.0. The molecule has 138 valence electrons. The quantitative estimate of drug-likeness (QED) is 0.551. The van der Waals surface area contributed by atoms with Crippen molar-refractivity contribution in [2.24, 2.45) is 0 Å². The third-order valence-corrected chi connectivity index (χ3v) is 5.23. The molecule has 0 saturated heterocycles. The molecule has 3 aromatic heterocycles. The standard InChI is InChI=1S/C19H12N4O4S/c20-7-12-3-1-2-4-13(12)23-10-11(8-21-23)9-22-14-5-6-28-17(14)15(19(26)27)16(24)18(22)25/h1-6,8,10,24H,9H2,(H,26,27). The summed E-state index contributed by atoms with van der Waals surface area (Å²) in [5.41, 5.74) is 0.977. The highest BCUT2D eigenvalue weighted by molar-refractivity contribution is 7.17. The minimum atomic E-state index is -1.35. The second kappa shape index (κ2) is 6.68. The van der Waals surface area contributed by atoms with Crippen LogP contribution >= 0.6 is 11.3 Å². The van der Waals surface area contributed by atoms with Crippen molar-refractivity contribution in [1.29, 1.82) is 5.26 Å². The third kappa shape index (κ3) is 2.72. The SMILES string of the molecule is N#Cc1ccccc1-n1cc(Cn2c(=O)c(O)c(C(=O)O)c3sccc32)cn1. The molecule has 4 aromatic rings. The Kier molecular flexibility index (Phi) is 4.18. The number of nitriles is 1. The fourth-order valence-corrected chi connectivity index (χ4v) is 3.97. The number of aromatic nitrogens is 3. The third-order valence-electron chi connectivity index (χ3n) is 4.31. The highest BCUT2D eigenvalue weighted by Gasteiger charge is 2.22. The molecule has 0 amide bonds. The number of nitrogens with zero attached hydrogens (tertiary/aromatic N) is 4. The predicted octanol–water partition coefficient (Wildman–Crippen LogP) is 2.57. The van der Waals surface area contributed by atoms with Gasteiger partial charge in [-0.3, -0.25) is 9.36 Å². The first-order valence-electron chi connectivity index (χ1n) is 8.10. The predicted molar refractivity (Wildman–Crippen MR) is 102 cm³/mol. The fraction of sp³-hybridized carbons (Fsp3) is 0.0526. The lowest BCUT2D eigenvalue weighted by Crippen LogP contribution is -2.22. The van der Waals surface area contributed by atoms with Crippen molar-refractivity contribution in [2.75, 3.05) is 0 Å². The second-order valence-corrected chi connectivity index (χ2v) is 6.89. The monoisotopic (exact) mass is 392 g/mol. The Morgan fingerprint density at radius 2 is 2.07 bits per heavy atom. The van der Waals surface area contributed by atoms with Gasteiger partial charge in [-0.05, 0) is 23.6 Å². The molecule has 4 rings (SSSR count). The zero-order chi connectivity index (χ0) is 19.8. The minimum absolute atomic E-state index is 0.0915. The number of pyridine rings is 1. The summed E-state index contributed by atoms with van der Waals surface area (Å²) < 4.78 is 3.17. The van der Waals surface area contributed by atoms with Crippen LogP contribution in [0.5, 0.6) is 5.75 Å². The van der Waals surface area contributed by atoms with Crippen LogP contribution in [0.15, 0.2) is 52.9 Å². The number of aromatic hydroxyl groups is 1. The lowest BCUT2D eigenvalue weighted by atomic mass is 10.2. The van der Waals surface area contributed by atoms with E-state index < -0.39 is 17.3 Å². The number of carboxylic acid groups (broad SMARTS) is 1. The normalized spacial score (nSPS) is 10.8. The van der Waals surface area contributed by atoms with E-state index in [9.17, 15) is 25.1 Å². The average molecular weight is 392 g/mol. The molecule has 0 aliphatic carbocycles. The van der Waals surface area contributed by atoms with Crippen molar-refractivity contribution in [1.82, 2.24) is 14.3 Å². The van der Waals surface area contributed by atoms with Crippen molar-refractivity contribution in [3.05, 3.63) is 75.1 Å². The number of para-hydroxylation sites is 1. The summed E-state index contributed by atoms with van der Waals surface area (Å²) >= 11 is 1.14. The number of thiophene rings is 1. The molecule has 0 fully saturated rings.